The number of hydrogen-bond acceptors (Lipinski definition) is 5. The van der Waals surface area contributed by atoms with Crippen LogP contribution >= 0.6 is 0 Å². The van der Waals surface area contributed by atoms with E-state index in [4.69, 9.17) is 13.9 Å². The summed E-state index contributed by atoms with van der Waals surface area (Å²) in [5.41, 5.74) is 1.19. The Balaban J connectivity index is 1.61. The first-order valence-electron chi connectivity index (χ1n) is 7.41. The van der Waals surface area contributed by atoms with Crippen molar-refractivity contribution >= 4 is 16.9 Å². The Morgan fingerprint density at radius 2 is 2.18 bits per heavy atom. The van der Waals surface area contributed by atoms with Gasteiger partial charge < -0.3 is 19.2 Å². The second-order valence-corrected chi connectivity index (χ2v) is 5.22. The average Bonchev–Trinajstić information content (AvgIpc) is 3.03. The fourth-order valence-electron chi connectivity index (χ4n) is 2.59. The Bertz CT molecular complexity index is 647. The maximum Gasteiger partial charge on any atom is 0.251 e. The lowest BCUT2D eigenvalue weighted by Crippen LogP contribution is -2.41. The molecule has 0 aliphatic carbocycles. The smallest absolute Gasteiger partial charge is 0.251 e. The van der Waals surface area contributed by atoms with E-state index in [1.165, 1.54) is 0 Å². The molecule has 1 fully saturated rings. The fraction of sp³-hybridized carbons (Fsp3) is 0.438. The van der Waals surface area contributed by atoms with Crippen LogP contribution in [-0.2, 0) is 4.74 Å². The van der Waals surface area contributed by atoms with Gasteiger partial charge in [0, 0.05) is 31.7 Å². The van der Waals surface area contributed by atoms with Gasteiger partial charge in [-0.15, -0.1) is 0 Å². The zero-order valence-corrected chi connectivity index (χ0v) is 12.6. The monoisotopic (exact) mass is 304 g/mol. The highest BCUT2D eigenvalue weighted by Gasteiger charge is 2.14. The summed E-state index contributed by atoms with van der Waals surface area (Å²) in [6.45, 7) is 4.80. The minimum atomic E-state index is -0.121. The number of benzene rings is 1. The molecule has 0 atom stereocenters. The topological polar surface area (TPSA) is 63.9 Å². The highest BCUT2D eigenvalue weighted by atomic mass is 16.5. The van der Waals surface area contributed by atoms with Crippen molar-refractivity contribution in [2.75, 3.05) is 46.5 Å². The quantitative estimate of drug-likeness (QED) is 0.907. The lowest BCUT2D eigenvalue weighted by Gasteiger charge is -2.26. The predicted octanol–water partition coefficient (Wildman–Crippen LogP) is 1.50. The van der Waals surface area contributed by atoms with E-state index < -0.39 is 0 Å². The lowest BCUT2D eigenvalue weighted by atomic mass is 10.1. The second kappa shape index (κ2) is 6.81. The number of rotatable bonds is 5. The molecule has 0 unspecified atom stereocenters. The number of amides is 1. The molecular weight excluding hydrogens is 284 g/mol. The van der Waals surface area contributed by atoms with Gasteiger partial charge in [0.05, 0.1) is 32.0 Å². The molecule has 118 valence electrons. The van der Waals surface area contributed by atoms with Crippen molar-refractivity contribution in [1.82, 2.24) is 10.2 Å². The van der Waals surface area contributed by atoms with Gasteiger partial charge in [0.25, 0.3) is 5.91 Å². The fourth-order valence-corrected chi connectivity index (χ4v) is 2.59. The first-order valence-corrected chi connectivity index (χ1v) is 7.41. The van der Waals surface area contributed by atoms with Crippen LogP contribution in [0, 0.1) is 0 Å². The number of morpholine rings is 1. The lowest BCUT2D eigenvalue weighted by molar-refractivity contribution is 0.0383. The molecule has 0 bridgehead atoms. The molecule has 22 heavy (non-hydrogen) atoms. The van der Waals surface area contributed by atoms with Gasteiger partial charge in [0.2, 0.25) is 0 Å². The zero-order valence-electron chi connectivity index (χ0n) is 12.6. The Labute approximate surface area is 129 Å². The number of carbonyl (C=O) groups is 1. The Hall–Kier alpha value is -2.05. The molecule has 1 saturated heterocycles. The molecule has 1 aliphatic heterocycles. The van der Waals surface area contributed by atoms with Gasteiger partial charge in [-0.05, 0) is 18.2 Å². The molecule has 1 amide bonds. The Morgan fingerprint density at radius 3 is 2.95 bits per heavy atom. The van der Waals surface area contributed by atoms with Crippen molar-refractivity contribution in [3.8, 4) is 5.75 Å². The Morgan fingerprint density at radius 1 is 1.36 bits per heavy atom. The number of nitrogens with one attached hydrogen (secondary N) is 1. The second-order valence-electron chi connectivity index (χ2n) is 5.22. The molecule has 1 N–H and O–H groups in total. The van der Waals surface area contributed by atoms with Gasteiger partial charge in [-0.1, -0.05) is 0 Å². The van der Waals surface area contributed by atoms with E-state index in [-0.39, 0.29) is 5.91 Å². The van der Waals surface area contributed by atoms with Crippen LogP contribution in [0.3, 0.4) is 0 Å². The summed E-state index contributed by atoms with van der Waals surface area (Å²) in [5.74, 6) is 0.523. The number of furan rings is 1. The molecule has 1 aromatic carbocycles. The van der Waals surface area contributed by atoms with Crippen LogP contribution in [-0.4, -0.2) is 57.3 Å². The first kappa shape index (κ1) is 14.9. The number of ether oxygens (including phenoxy) is 2. The standard InChI is InChI=1S/C16H20N2O4/c1-20-14-10-12(11-15-13(14)2-7-22-15)16(19)17-3-4-18-5-8-21-9-6-18/h2,7,10-11H,3-6,8-9H2,1H3,(H,17,19). The highest BCUT2D eigenvalue weighted by molar-refractivity contribution is 5.99. The summed E-state index contributed by atoms with van der Waals surface area (Å²) in [5, 5.41) is 3.80. The number of nitrogens with zero attached hydrogens (tertiary/aromatic N) is 1. The third kappa shape index (κ3) is 3.23. The summed E-state index contributed by atoms with van der Waals surface area (Å²) < 4.78 is 16.0. The normalized spacial score (nSPS) is 15.9. The largest absolute Gasteiger partial charge is 0.496 e. The number of methoxy groups -OCH3 is 1. The number of fused-ring (bicyclic) bond motifs is 1. The maximum atomic E-state index is 12.3. The summed E-state index contributed by atoms with van der Waals surface area (Å²) in [4.78, 5) is 14.5. The van der Waals surface area contributed by atoms with E-state index in [9.17, 15) is 4.79 Å². The van der Waals surface area contributed by atoms with E-state index in [1.54, 1.807) is 25.5 Å². The van der Waals surface area contributed by atoms with Gasteiger partial charge in [-0.3, -0.25) is 9.69 Å². The summed E-state index contributed by atoms with van der Waals surface area (Å²) in [7, 11) is 1.59. The molecular formula is C16H20N2O4. The first-order chi connectivity index (χ1) is 10.8. The molecule has 3 rings (SSSR count). The van der Waals surface area contributed by atoms with Crippen LogP contribution in [0.2, 0.25) is 0 Å². The van der Waals surface area contributed by atoms with E-state index >= 15 is 0 Å². The predicted molar refractivity (Wildman–Crippen MR) is 82.4 cm³/mol. The summed E-state index contributed by atoms with van der Waals surface area (Å²) in [6, 6.07) is 5.30. The molecule has 2 aromatic rings. The van der Waals surface area contributed by atoms with E-state index in [0.717, 1.165) is 38.2 Å². The minimum Gasteiger partial charge on any atom is -0.496 e. The van der Waals surface area contributed by atoms with Crippen molar-refractivity contribution in [2.24, 2.45) is 0 Å². The van der Waals surface area contributed by atoms with Crippen LogP contribution < -0.4 is 10.1 Å². The molecule has 6 nitrogen and oxygen atoms in total. The van der Waals surface area contributed by atoms with Crippen molar-refractivity contribution in [2.45, 2.75) is 0 Å². The summed E-state index contributed by atoms with van der Waals surface area (Å²) >= 11 is 0. The van der Waals surface area contributed by atoms with Crippen LogP contribution in [0.25, 0.3) is 11.0 Å². The van der Waals surface area contributed by atoms with Crippen LogP contribution in [0.15, 0.2) is 28.9 Å². The van der Waals surface area contributed by atoms with Gasteiger partial charge in [-0.2, -0.15) is 0 Å². The minimum absolute atomic E-state index is 0.121. The number of hydrogen-bond donors (Lipinski definition) is 1. The van der Waals surface area contributed by atoms with Gasteiger partial charge in [-0.25, -0.2) is 0 Å². The van der Waals surface area contributed by atoms with Crippen molar-refractivity contribution in [1.29, 1.82) is 0 Å². The van der Waals surface area contributed by atoms with Gasteiger partial charge >= 0.3 is 0 Å². The third-order valence-corrected chi connectivity index (χ3v) is 3.83. The van der Waals surface area contributed by atoms with Crippen LogP contribution in [0.1, 0.15) is 10.4 Å². The SMILES string of the molecule is COc1cc(C(=O)NCCN2CCOCC2)cc2occc12. The van der Waals surface area contributed by atoms with Gasteiger partial charge in [0.1, 0.15) is 11.3 Å². The molecule has 0 radical (unpaired) electrons. The molecule has 6 heteroatoms. The van der Waals surface area contributed by atoms with Crippen LogP contribution in [0.5, 0.6) is 5.75 Å². The zero-order chi connectivity index (χ0) is 15.4. The molecule has 0 spiro atoms. The maximum absolute atomic E-state index is 12.3. The van der Waals surface area contributed by atoms with Crippen molar-refractivity contribution in [3.63, 3.8) is 0 Å². The molecule has 1 aromatic heterocycles. The van der Waals surface area contributed by atoms with E-state index in [1.807, 2.05) is 6.07 Å². The third-order valence-electron chi connectivity index (χ3n) is 3.83. The average molecular weight is 304 g/mol. The molecule has 0 saturated carbocycles. The van der Waals surface area contributed by atoms with Gasteiger partial charge in [0.15, 0.2) is 0 Å². The molecule has 1 aliphatic rings. The van der Waals surface area contributed by atoms with E-state index in [2.05, 4.69) is 10.2 Å². The highest BCUT2D eigenvalue weighted by Crippen LogP contribution is 2.28. The van der Waals surface area contributed by atoms with Crippen molar-refractivity contribution < 1.29 is 18.7 Å². The van der Waals surface area contributed by atoms with E-state index in [0.29, 0.717) is 23.4 Å². The summed E-state index contributed by atoms with van der Waals surface area (Å²) in [6.07, 6.45) is 1.59. The van der Waals surface area contributed by atoms with Crippen LogP contribution in [0.4, 0.5) is 0 Å². The Kier molecular flexibility index (Phi) is 4.60. The van der Waals surface area contributed by atoms with Crippen molar-refractivity contribution in [3.05, 3.63) is 30.0 Å². The number of carbonyl (C=O) groups excluding carboxylic acids is 1. The molecule has 2 heterocycles.